The Labute approximate surface area is 151 Å². The van der Waals surface area contributed by atoms with Gasteiger partial charge >= 0.3 is 0 Å². The van der Waals surface area contributed by atoms with Crippen LogP contribution in [0.3, 0.4) is 0 Å². The summed E-state index contributed by atoms with van der Waals surface area (Å²) in [5.41, 5.74) is 1.22. The molecule has 0 aliphatic heterocycles. The first-order valence-corrected chi connectivity index (χ1v) is 15.2. The fraction of sp³-hybridized carbons (Fsp3) is 0.895. The summed E-state index contributed by atoms with van der Waals surface area (Å²) in [6.07, 6.45) is 2.97. The summed E-state index contributed by atoms with van der Waals surface area (Å²) in [6.45, 7) is 21.0. The number of aliphatic hydroxyl groups is 1. The summed E-state index contributed by atoms with van der Waals surface area (Å²) in [5, 5.41) is 10.2. The molecule has 1 rings (SSSR count). The van der Waals surface area contributed by atoms with Gasteiger partial charge in [0, 0.05) is 0 Å². The lowest BCUT2D eigenvalue weighted by molar-refractivity contribution is 0.0886. The second-order valence-corrected chi connectivity index (χ2v) is 19.3. The van der Waals surface area contributed by atoms with Crippen LogP contribution in [0.25, 0.3) is 0 Å². The lowest BCUT2D eigenvalue weighted by atomic mass is 9.70. The van der Waals surface area contributed by atoms with E-state index in [1.165, 1.54) is 5.57 Å². The number of hydrogen-bond donors (Lipinski definition) is 3. The molecule has 0 aromatic rings. The van der Waals surface area contributed by atoms with Gasteiger partial charge in [0.2, 0.25) is 0 Å². The summed E-state index contributed by atoms with van der Waals surface area (Å²) in [5.74, 6) is 0.513. The van der Waals surface area contributed by atoms with Crippen molar-refractivity contribution < 1.29 is 14.7 Å². The molecule has 0 heterocycles. The summed E-state index contributed by atoms with van der Waals surface area (Å²) < 4.78 is 0. The van der Waals surface area contributed by atoms with Crippen molar-refractivity contribution >= 4 is 16.6 Å². The van der Waals surface area contributed by atoms with Gasteiger partial charge in [-0.05, 0) is 73.8 Å². The van der Waals surface area contributed by atoms with E-state index in [4.69, 9.17) is 0 Å². The van der Waals surface area contributed by atoms with Gasteiger partial charge in [-0.3, -0.25) is 0 Å². The number of rotatable bonds is 6. The third-order valence-electron chi connectivity index (χ3n) is 6.99. The molecule has 142 valence electrons. The Balaban J connectivity index is 2.94. The molecule has 0 bridgehead atoms. The maximum absolute atomic E-state index is 10.6. The fourth-order valence-electron chi connectivity index (χ4n) is 3.55. The van der Waals surface area contributed by atoms with Crippen molar-refractivity contribution in [1.82, 2.24) is 0 Å². The zero-order valence-corrected chi connectivity index (χ0v) is 19.1. The maximum Gasteiger partial charge on any atom is 0.188 e. The quantitative estimate of drug-likeness (QED) is 0.469. The van der Waals surface area contributed by atoms with Gasteiger partial charge < -0.3 is 14.7 Å². The molecule has 0 aromatic heterocycles. The van der Waals surface area contributed by atoms with E-state index in [-0.39, 0.29) is 28.0 Å². The molecule has 0 unspecified atom stereocenters. The second kappa shape index (κ2) is 6.99. The smallest absolute Gasteiger partial charge is 0.188 e. The molecule has 5 heteroatoms. The minimum atomic E-state index is -2.28. The van der Waals surface area contributed by atoms with Gasteiger partial charge in [-0.1, -0.05) is 39.8 Å². The first-order valence-electron chi connectivity index (χ1n) is 9.29. The number of hydrogen-bond acceptors (Lipinski definition) is 3. The monoisotopic (exact) mass is 372 g/mol. The van der Waals surface area contributed by atoms with Crippen LogP contribution in [0.2, 0.25) is 36.3 Å². The predicted octanol–water partition coefficient (Wildman–Crippen LogP) is 4.67. The minimum absolute atomic E-state index is 0.108. The second-order valence-electron chi connectivity index (χ2n) is 10.4. The van der Waals surface area contributed by atoms with Crippen LogP contribution in [0.1, 0.15) is 53.4 Å². The van der Waals surface area contributed by atoms with Gasteiger partial charge in [0.15, 0.2) is 16.6 Å². The molecular formula is C19H40O3Si2. The Morgan fingerprint density at radius 3 is 1.42 bits per heavy atom. The average molecular weight is 373 g/mol. The summed E-state index contributed by atoms with van der Waals surface area (Å²) in [7, 11) is -4.55. The predicted molar refractivity (Wildman–Crippen MR) is 108 cm³/mol. The lowest BCUT2D eigenvalue weighted by Crippen LogP contribution is -2.43. The van der Waals surface area contributed by atoms with Gasteiger partial charge in [-0.15, -0.1) is 0 Å². The van der Waals surface area contributed by atoms with Crippen molar-refractivity contribution in [3.63, 3.8) is 0 Å². The summed E-state index contributed by atoms with van der Waals surface area (Å²) >= 11 is 0. The van der Waals surface area contributed by atoms with Crippen molar-refractivity contribution in [2.75, 3.05) is 0 Å². The van der Waals surface area contributed by atoms with Crippen molar-refractivity contribution in [2.45, 2.75) is 95.7 Å². The molecule has 2 atom stereocenters. The molecular weight excluding hydrogens is 332 g/mol. The van der Waals surface area contributed by atoms with E-state index in [0.717, 1.165) is 25.7 Å². The topological polar surface area (TPSA) is 60.7 Å². The Morgan fingerprint density at radius 2 is 1.17 bits per heavy atom. The maximum atomic E-state index is 10.6. The lowest BCUT2D eigenvalue weighted by Gasteiger charge is -2.45. The average Bonchev–Trinajstić information content (AvgIpc) is 2.31. The van der Waals surface area contributed by atoms with E-state index in [0.29, 0.717) is 0 Å². The van der Waals surface area contributed by atoms with Crippen LogP contribution in [0.4, 0.5) is 0 Å². The fourth-order valence-corrected chi connectivity index (χ4v) is 5.04. The molecule has 24 heavy (non-hydrogen) atoms. The summed E-state index contributed by atoms with van der Waals surface area (Å²) in [4.78, 5) is 21.2. The van der Waals surface area contributed by atoms with E-state index in [2.05, 4.69) is 34.3 Å². The van der Waals surface area contributed by atoms with Crippen LogP contribution in [0.15, 0.2) is 12.2 Å². The van der Waals surface area contributed by atoms with Gasteiger partial charge in [0.05, 0.1) is 6.10 Å². The molecule has 0 spiro atoms. The normalized spacial score (nSPS) is 27.5. The Kier molecular flexibility index (Phi) is 6.43. The molecule has 0 saturated heterocycles. The van der Waals surface area contributed by atoms with Crippen LogP contribution in [0.5, 0.6) is 0 Å². The third-order valence-corrected chi connectivity index (χ3v) is 14.0. The van der Waals surface area contributed by atoms with Crippen molar-refractivity contribution in [3.8, 4) is 0 Å². The van der Waals surface area contributed by atoms with E-state index in [1.807, 2.05) is 26.2 Å². The van der Waals surface area contributed by atoms with Gasteiger partial charge in [-0.2, -0.15) is 0 Å². The summed E-state index contributed by atoms with van der Waals surface area (Å²) in [6, 6.07) is 0. The van der Waals surface area contributed by atoms with Crippen LogP contribution in [-0.4, -0.2) is 37.4 Å². The minimum Gasteiger partial charge on any atom is -0.432 e. The van der Waals surface area contributed by atoms with Gasteiger partial charge in [0.25, 0.3) is 0 Å². The molecule has 0 amide bonds. The van der Waals surface area contributed by atoms with Crippen LogP contribution in [-0.2, 0) is 0 Å². The van der Waals surface area contributed by atoms with E-state index < -0.39 is 16.6 Å². The standard InChI is InChI=1S/C19H40O3Si2/c1-14-15(12-18(2,3)23(6,7)21)10-17(20)11-16(14)13-19(4,5)24(8,9)22/h15-17,20-22H,1,10-13H2,2-9H3/t15-,16-/m0/s1. The molecule has 1 aliphatic carbocycles. The molecule has 1 saturated carbocycles. The first-order chi connectivity index (χ1) is 10.5. The molecule has 3 nitrogen and oxygen atoms in total. The van der Waals surface area contributed by atoms with Crippen LogP contribution >= 0.6 is 0 Å². The SMILES string of the molecule is C=C1[C@H](CC(C)(C)[Si](C)(C)O)CC(O)C[C@H]1CC(C)(C)[Si](C)(C)O. The third kappa shape index (κ3) is 5.04. The molecule has 3 N–H and O–H groups in total. The van der Waals surface area contributed by atoms with Crippen molar-refractivity contribution in [1.29, 1.82) is 0 Å². The van der Waals surface area contributed by atoms with E-state index >= 15 is 0 Å². The zero-order chi connectivity index (χ0) is 19.1. The van der Waals surface area contributed by atoms with Crippen LogP contribution < -0.4 is 0 Å². The Hall–Kier alpha value is 0.0538. The Morgan fingerprint density at radius 1 is 0.875 bits per heavy atom. The van der Waals surface area contributed by atoms with Crippen molar-refractivity contribution in [3.05, 3.63) is 12.2 Å². The van der Waals surface area contributed by atoms with E-state index in [9.17, 15) is 14.7 Å². The first kappa shape index (κ1) is 22.1. The molecule has 0 aromatic carbocycles. The molecule has 0 radical (unpaired) electrons. The van der Waals surface area contributed by atoms with Gasteiger partial charge in [0.1, 0.15) is 0 Å². The number of allylic oxidation sites excluding steroid dienone is 1. The molecule has 1 aliphatic rings. The van der Waals surface area contributed by atoms with Crippen molar-refractivity contribution in [2.24, 2.45) is 11.8 Å². The highest BCUT2D eigenvalue weighted by molar-refractivity contribution is 6.73. The van der Waals surface area contributed by atoms with E-state index in [1.54, 1.807) is 0 Å². The van der Waals surface area contributed by atoms with Gasteiger partial charge in [-0.25, -0.2) is 0 Å². The highest BCUT2D eigenvalue weighted by Gasteiger charge is 2.45. The largest absolute Gasteiger partial charge is 0.432 e. The number of aliphatic hydroxyl groups excluding tert-OH is 1. The highest BCUT2D eigenvalue weighted by atomic mass is 28.4. The van der Waals surface area contributed by atoms with Crippen LogP contribution in [0, 0.1) is 11.8 Å². The highest BCUT2D eigenvalue weighted by Crippen LogP contribution is 2.51. The Bertz CT molecular complexity index is 418. The zero-order valence-electron chi connectivity index (χ0n) is 17.1. The molecule has 1 fully saturated rings.